The second kappa shape index (κ2) is 7.02. The number of ether oxygens (including phenoxy) is 1. The third-order valence-electron chi connectivity index (χ3n) is 4.10. The van der Waals surface area contributed by atoms with Crippen LogP contribution in [0.15, 0.2) is 24.3 Å². The standard InChI is InChI=1S/C16H18F3NO3/c1-23-15(22)10-6-8-11(9-7-10)20-14(21)12-4-2-3-5-13(12)16(17,18)19/h6-9,12-13H,2-5H2,1H3,(H,20,21). The van der Waals surface area contributed by atoms with Gasteiger partial charge in [0.1, 0.15) is 0 Å². The minimum atomic E-state index is -4.36. The lowest BCUT2D eigenvalue weighted by Gasteiger charge is -2.32. The number of methoxy groups -OCH3 is 1. The van der Waals surface area contributed by atoms with Crippen molar-refractivity contribution in [2.24, 2.45) is 11.8 Å². The normalized spacial score (nSPS) is 21.6. The van der Waals surface area contributed by atoms with Crippen molar-refractivity contribution >= 4 is 17.6 Å². The lowest BCUT2D eigenvalue weighted by atomic mass is 9.78. The van der Waals surface area contributed by atoms with Crippen molar-refractivity contribution in [1.29, 1.82) is 0 Å². The summed E-state index contributed by atoms with van der Waals surface area (Å²) in [6.07, 6.45) is -3.04. The fourth-order valence-electron chi connectivity index (χ4n) is 2.88. The van der Waals surface area contributed by atoms with Gasteiger partial charge in [-0.15, -0.1) is 0 Å². The number of amides is 1. The van der Waals surface area contributed by atoms with Crippen LogP contribution >= 0.6 is 0 Å². The summed E-state index contributed by atoms with van der Waals surface area (Å²) in [6.45, 7) is 0. The Kier molecular flexibility index (Phi) is 5.28. The van der Waals surface area contributed by atoms with E-state index in [1.54, 1.807) is 0 Å². The predicted octanol–water partition coefficient (Wildman–Crippen LogP) is 3.78. The van der Waals surface area contributed by atoms with Crippen molar-refractivity contribution in [1.82, 2.24) is 0 Å². The number of rotatable bonds is 3. The number of benzene rings is 1. The molecule has 7 heteroatoms. The van der Waals surface area contributed by atoms with Crippen LogP contribution < -0.4 is 5.32 Å². The second-order valence-electron chi connectivity index (χ2n) is 5.60. The summed E-state index contributed by atoms with van der Waals surface area (Å²) in [6, 6.07) is 5.83. The monoisotopic (exact) mass is 329 g/mol. The molecule has 23 heavy (non-hydrogen) atoms. The average molecular weight is 329 g/mol. The lowest BCUT2D eigenvalue weighted by Crippen LogP contribution is -2.39. The minimum Gasteiger partial charge on any atom is -0.465 e. The second-order valence-corrected chi connectivity index (χ2v) is 5.60. The molecule has 2 unspecified atom stereocenters. The molecule has 1 fully saturated rings. The number of halogens is 3. The highest BCUT2D eigenvalue weighted by molar-refractivity contribution is 5.94. The van der Waals surface area contributed by atoms with E-state index in [1.807, 2.05) is 0 Å². The summed E-state index contributed by atoms with van der Waals surface area (Å²) in [5, 5.41) is 2.51. The van der Waals surface area contributed by atoms with Crippen molar-refractivity contribution < 1.29 is 27.5 Å². The van der Waals surface area contributed by atoms with E-state index in [1.165, 1.54) is 31.4 Å². The highest BCUT2D eigenvalue weighted by Gasteiger charge is 2.48. The molecule has 1 aromatic carbocycles. The molecule has 2 atom stereocenters. The summed E-state index contributed by atoms with van der Waals surface area (Å²) in [5.41, 5.74) is 0.658. The number of esters is 1. The molecule has 0 saturated heterocycles. The molecule has 0 radical (unpaired) electrons. The van der Waals surface area contributed by atoms with E-state index in [0.717, 1.165) is 0 Å². The SMILES string of the molecule is COC(=O)c1ccc(NC(=O)C2CCCCC2C(F)(F)F)cc1. The zero-order valence-corrected chi connectivity index (χ0v) is 12.7. The molecule has 2 rings (SSSR count). The van der Waals surface area contributed by atoms with Crippen molar-refractivity contribution in [3.63, 3.8) is 0 Å². The van der Waals surface area contributed by atoms with E-state index >= 15 is 0 Å². The van der Waals surface area contributed by atoms with Gasteiger partial charge in [-0.05, 0) is 37.1 Å². The van der Waals surface area contributed by atoms with Gasteiger partial charge in [0.25, 0.3) is 0 Å². The van der Waals surface area contributed by atoms with Crippen LogP contribution in [0.4, 0.5) is 18.9 Å². The highest BCUT2D eigenvalue weighted by atomic mass is 19.4. The van der Waals surface area contributed by atoms with Gasteiger partial charge >= 0.3 is 12.1 Å². The van der Waals surface area contributed by atoms with E-state index in [4.69, 9.17) is 0 Å². The highest BCUT2D eigenvalue weighted by Crippen LogP contribution is 2.41. The minimum absolute atomic E-state index is 0.0110. The zero-order chi connectivity index (χ0) is 17.0. The Balaban J connectivity index is 2.06. The van der Waals surface area contributed by atoms with Crippen molar-refractivity contribution in [2.75, 3.05) is 12.4 Å². The summed E-state index contributed by atoms with van der Waals surface area (Å²) in [5.74, 6) is -3.81. The molecule has 4 nitrogen and oxygen atoms in total. The van der Waals surface area contributed by atoms with E-state index < -0.39 is 29.9 Å². The van der Waals surface area contributed by atoms with Crippen molar-refractivity contribution in [3.05, 3.63) is 29.8 Å². The van der Waals surface area contributed by atoms with Crippen LogP contribution in [0.5, 0.6) is 0 Å². The number of alkyl halides is 3. The lowest BCUT2D eigenvalue weighted by molar-refractivity contribution is -0.197. The van der Waals surface area contributed by atoms with E-state index in [-0.39, 0.29) is 12.8 Å². The van der Waals surface area contributed by atoms with Crippen LogP contribution in [0, 0.1) is 11.8 Å². The zero-order valence-electron chi connectivity index (χ0n) is 12.7. The van der Waals surface area contributed by atoms with E-state index in [2.05, 4.69) is 10.1 Å². The maximum atomic E-state index is 13.0. The molecule has 1 saturated carbocycles. The summed E-state index contributed by atoms with van der Waals surface area (Å²) >= 11 is 0. The topological polar surface area (TPSA) is 55.4 Å². The number of nitrogens with one attached hydrogen (secondary N) is 1. The molecule has 0 aromatic heterocycles. The molecule has 1 aromatic rings. The Bertz CT molecular complexity index is 569. The predicted molar refractivity (Wildman–Crippen MR) is 77.9 cm³/mol. The van der Waals surface area contributed by atoms with Crippen LogP contribution in [0.1, 0.15) is 36.0 Å². The first-order valence-electron chi connectivity index (χ1n) is 7.39. The molecule has 1 amide bonds. The molecular formula is C16H18F3NO3. The third-order valence-corrected chi connectivity index (χ3v) is 4.10. The average Bonchev–Trinajstić information content (AvgIpc) is 2.54. The van der Waals surface area contributed by atoms with Gasteiger partial charge in [0, 0.05) is 11.6 Å². The van der Waals surface area contributed by atoms with Gasteiger partial charge in [-0.3, -0.25) is 4.79 Å². The Morgan fingerprint density at radius 2 is 1.74 bits per heavy atom. The quantitative estimate of drug-likeness (QED) is 0.859. The van der Waals surface area contributed by atoms with Crippen LogP contribution in [0.3, 0.4) is 0 Å². The molecule has 0 aliphatic heterocycles. The van der Waals surface area contributed by atoms with E-state index in [9.17, 15) is 22.8 Å². The first-order valence-corrected chi connectivity index (χ1v) is 7.39. The van der Waals surface area contributed by atoms with Crippen LogP contribution in [0.2, 0.25) is 0 Å². The van der Waals surface area contributed by atoms with Crippen LogP contribution in [-0.4, -0.2) is 25.2 Å². The summed E-state index contributed by atoms with van der Waals surface area (Å²) in [4.78, 5) is 23.5. The third kappa shape index (κ3) is 4.24. The Morgan fingerprint density at radius 1 is 1.13 bits per heavy atom. The van der Waals surface area contributed by atoms with Gasteiger partial charge in [-0.25, -0.2) is 4.79 Å². The maximum absolute atomic E-state index is 13.0. The summed E-state index contributed by atoms with van der Waals surface area (Å²) in [7, 11) is 1.25. The first kappa shape index (κ1) is 17.3. The number of carbonyl (C=O) groups is 2. The molecule has 0 spiro atoms. The largest absolute Gasteiger partial charge is 0.465 e. The van der Waals surface area contributed by atoms with Crippen molar-refractivity contribution in [2.45, 2.75) is 31.9 Å². The van der Waals surface area contributed by atoms with Gasteiger partial charge in [-0.2, -0.15) is 13.2 Å². The molecular weight excluding hydrogens is 311 g/mol. The summed E-state index contributed by atoms with van der Waals surface area (Å²) < 4.78 is 43.7. The maximum Gasteiger partial charge on any atom is 0.392 e. The van der Waals surface area contributed by atoms with Gasteiger partial charge in [0.2, 0.25) is 5.91 Å². The van der Waals surface area contributed by atoms with Crippen LogP contribution in [-0.2, 0) is 9.53 Å². The molecule has 1 aliphatic rings. The van der Waals surface area contributed by atoms with Crippen molar-refractivity contribution in [3.8, 4) is 0 Å². The Morgan fingerprint density at radius 3 is 2.30 bits per heavy atom. The Hall–Kier alpha value is -2.05. The number of hydrogen-bond donors (Lipinski definition) is 1. The smallest absolute Gasteiger partial charge is 0.392 e. The molecule has 0 bridgehead atoms. The molecule has 126 valence electrons. The number of hydrogen-bond acceptors (Lipinski definition) is 3. The molecule has 0 heterocycles. The van der Waals surface area contributed by atoms with Crippen LogP contribution in [0.25, 0.3) is 0 Å². The number of carbonyl (C=O) groups excluding carboxylic acids is 2. The van der Waals surface area contributed by atoms with Gasteiger partial charge < -0.3 is 10.1 Å². The van der Waals surface area contributed by atoms with Gasteiger partial charge in [-0.1, -0.05) is 12.8 Å². The fourth-order valence-corrected chi connectivity index (χ4v) is 2.88. The molecule has 1 aliphatic carbocycles. The first-order chi connectivity index (χ1) is 10.8. The molecule has 1 N–H and O–H groups in total. The Labute approximate surface area is 132 Å². The fraction of sp³-hybridized carbons (Fsp3) is 0.500. The van der Waals surface area contributed by atoms with Gasteiger partial charge in [0.15, 0.2) is 0 Å². The van der Waals surface area contributed by atoms with Gasteiger partial charge in [0.05, 0.1) is 18.6 Å². The van der Waals surface area contributed by atoms with E-state index in [0.29, 0.717) is 24.1 Å². The number of anilines is 1.